The van der Waals surface area contributed by atoms with Crippen LogP contribution in [0.4, 0.5) is 0 Å². The molecule has 3 fully saturated rings. The van der Waals surface area contributed by atoms with Gasteiger partial charge in [0.1, 0.15) is 4.88 Å². The summed E-state index contributed by atoms with van der Waals surface area (Å²) in [6.07, 6.45) is 9.11. The number of aryl methyl sites for hydroxylation is 2. The van der Waals surface area contributed by atoms with Crippen LogP contribution in [0, 0.1) is 19.3 Å². The monoisotopic (exact) mass is 423 g/mol. The molecule has 5 rings (SSSR count). The second kappa shape index (κ2) is 8.08. The maximum Gasteiger partial charge on any atom is 0.265 e. The van der Waals surface area contributed by atoms with Gasteiger partial charge in [0.2, 0.25) is 0 Å². The number of nitrogens with zero attached hydrogens (tertiary/aromatic N) is 3. The molecule has 0 radical (unpaired) electrons. The minimum absolute atomic E-state index is 0.184. The van der Waals surface area contributed by atoms with E-state index in [0.717, 1.165) is 41.5 Å². The van der Waals surface area contributed by atoms with Gasteiger partial charge in [0.25, 0.3) is 5.91 Å². The molecule has 2 aromatic rings. The van der Waals surface area contributed by atoms with Crippen molar-refractivity contribution in [3.63, 3.8) is 0 Å². The van der Waals surface area contributed by atoms with Gasteiger partial charge in [-0.05, 0) is 45.1 Å². The zero-order valence-corrected chi connectivity index (χ0v) is 19.1. The van der Waals surface area contributed by atoms with Gasteiger partial charge in [-0.25, -0.2) is 4.98 Å². The van der Waals surface area contributed by atoms with Gasteiger partial charge < -0.3 is 4.90 Å². The lowest BCUT2D eigenvalue weighted by Gasteiger charge is -2.63. The van der Waals surface area contributed by atoms with Crippen LogP contribution in [0.15, 0.2) is 30.3 Å². The Labute approximate surface area is 184 Å². The largest absolute Gasteiger partial charge is 0.338 e. The number of carbonyl (C=O) groups excluding carboxylic acids is 1. The molecule has 1 unspecified atom stereocenters. The molecule has 5 heteroatoms. The average Bonchev–Trinajstić information content (AvgIpc) is 3.11. The van der Waals surface area contributed by atoms with E-state index in [1.807, 2.05) is 13.8 Å². The summed E-state index contributed by atoms with van der Waals surface area (Å²) in [6.45, 7) is 6.92. The molecule has 1 amide bonds. The molecule has 0 bridgehead atoms. The average molecular weight is 424 g/mol. The molecule has 1 aliphatic carbocycles. The normalized spacial score (nSPS) is 24.7. The highest BCUT2D eigenvalue weighted by molar-refractivity contribution is 7.13. The number of likely N-dealkylation sites (tertiary alicyclic amines) is 2. The van der Waals surface area contributed by atoms with Gasteiger partial charge in [-0.15, -0.1) is 11.3 Å². The Morgan fingerprint density at radius 3 is 2.40 bits per heavy atom. The van der Waals surface area contributed by atoms with Crippen molar-refractivity contribution in [2.75, 3.05) is 19.6 Å². The number of thiazole rings is 1. The second-order valence-electron chi connectivity index (χ2n) is 9.58. The van der Waals surface area contributed by atoms with Gasteiger partial charge >= 0.3 is 0 Å². The fourth-order valence-corrected chi connectivity index (χ4v) is 7.15. The lowest BCUT2D eigenvalue weighted by molar-refractivity contribution is -0.132. The third-order valence-corrected chi connectivity index (χ3v) is 8.75. The van der Waals surface area contributed by atoms with Gasteiger partial charge in [-0.2, -0.15) is 0 Å². The highest BCUT2D eigenvalue weighted by Gasteiger charge is 2.54. The molecule has 30 heavy (non-hydrogen) atoms. The molecule has 2 saturated heterocycles. The predicted molar refractivity (Wildman–Crippen MR) is 122 cm³/mol. The molecule has 1 spiro atoms. The van der Waals surface area contributed by atoms with Crippen molar-refractivity contribution >= 4 is 17.2 Å². The number of hydrogen-bond acceptors (Lipinski definition) is 4. The lowest BCUT2D eigenvalue weighted by Crippen LogP contribution is -2.63. The Kier molecular flexibility index (Phi) is 5.44. The Morgan fingerprint density at radius 1 is 1.07 bits per heavy atom. The quantitative estimate of drug-likeness (QED) is 0.666. The van der Waals surface area contributed by atoms with Crippen molar-refractivity contribution in [2.24, 2.45) is 5.41 Å². The first-order valence-electron chi connectivity index (χ1n) is 11.6. The van der Waals surface area contributed by atoms with Gasteiger partial charge in [0.05, 0.1) is 10.7 Å². The second-order valence-corrected chi connectivity index (χ2v) is 10.8. The van der Waals surface area contributed by atoms with Crippen molar-refractivity contribution in [2.45, 2.75) is 70.9 Å². The summed E-state index contributed by atoms with van der Waals surface area (Å²) >= 11 is 1.54. The van der Waals surface area contributed by atoms with Crippen molar-refractivity contribution in [1.82, 2.24) is 14.8 Å². The van der Waals surface area contributed by atoms with Crippen LogP contribution in [-0.2, 0) is 0 Å². The number of piperidine rings is 1. The van der Waals surface area contributed by atoms with E-state index in [2.05, 4.69) is 45.1 Å². The van der Waals surface area contributed by atoms with Crippen LogP contribution in [0.25, 0.3) is 0 Å². The molecule has 0 N–H and O–H groups in total. The zero-order chi connectivity index (χ0) is 20.7. The molecule has 1 saturated carbocycles. The summed E-state index contributed by atoms with van der Waals surface area (Å²) in [5, 5.41) is 0.981. The highest BCUT2D eigenvalue weighted by atomic mass is 32.1. The molecule has 1 aromatic heterocycles. The summed E-state index contributed by atoms with van der Waals surface area (Å²) in [5.74, 6) is 0.184. The summed E-state index contributed by atoms with van der Waals surface area (Å²) < 4.78 is 0. The SMILES string of the molecule is Cc1nc(C)c(C(=O)N2CCC(N3CC4(CCCCC4)C3c3ccccc3)CC2)s1. The number of aromatic nitrogens is 1. The molecule has 1 atom stereocenters. The maximum absolute atomic E-state index is 13.0. The van der Waals surface area contributed by atoms with Crippen LogP contribution in [0.2, 0.25) is 0 Å². The summed E-state index contributed by atoms with van der Waals surface area (Å²) in [7, 11) is 0. The third-order valence-electron chi connectivity index (χ3n) is 7.69. The number of rotatable bonds is 3. The van der Waals surface area contributed by atoms with Gasteiger partial charge in [0, 0.05) is 37.1 Å². The summed E-state index contributed by atoms with van der Waals surface area (Å²) in [4.78, 5) is 23.1. The first-order chi connectivity index (χ1) is 14.6. The van der Waals surface area contributed by atoms with Crippen LogP contribution in [-0.4, -0.2) is 46.4 Å². The summed E-state index contributed by atoms with van der Waals surface area (Å²) in [6, 6.07) is 12.4. The molecule has 2 aliphatic heterocycles. The van der Waals surface area contributed by atoms with Crippen molar-refractivity contribution in [3.8, 4) is 0 Å². The Morgan fingerprint density at radius 2 is 1.77 bits per heavy atom. The van der Waals surface area contributed by atoms with Crippen LogP contribution >= 0.6 is 11.3 Å². The minimum atomic E-state index is 0.184. The Balaban J connectivity index is 1.28. The topological polar surface area (TPSA) is 36.4 Å². The summed E-state index contributed by atoms with van der Waals surface area (Å²) in [5.41, 5.74) is 2.87. The molecule has 3 aliphatic rings. The third kappa shape index (κ3) is 3.50. The lowest BCUT2D eigenvalue weighted by atomic mass is 9.60. The van der Waals surface area contributed by atoms with E-state index in [9.17, 15) is 4.79 Å². The van der Waals surface area contributed by atoms with E-state index in [0.29, 0.717) is 17.5 Å². The molecule has 3 heterocycles. The van der Waals surface area contributed by atoms with Crippen molar-refractivity contribution < 1.29 is 4.79 Å². The Bertz CT molecular complexity index is 894. The predicted octanol–water partition coefficient (Wildman–Crippen LogP) is 5.37. The van der Waals surface area contributed by atoms with E-state index in [4.69, 9.17) is 0 Å². The number of hydrogen-bond donors (Lipinski definition) is 0. The van der Waals surface area contributed by atoms with Crippen LogP contribution in [0.5, 0.6) is 0 Å². The van der Waals surface area contributed by atoms with E-state index in [-0.39, 0.29) is 5.91 Å². The maximum atomic E-state index is 13.0. The molecule has 160 valence electrons. The fraction of sp³-hybridized carbons (Fsp3) is 0.600. The number of amides is 1. The minimum Gasteiger partial charge on any atom is -0.338 e. The molecule has 1 aromatic carbocycles. The van der Waals surface area contributed by atoms with Gasteiger partial charge in [0.15, 0.2) is 0 Å². The smallest absolute Gasteiger partial charge is 0.265 e. The van der Waals surface area contributed by atoms with Crippen molar-refractivity contribution in [3.05, 3.63) is 51.5 Å². The fourth-order valence-electron chi connectivity index (χ4n) is 6.26. The standard InChI is InChI=1S/C25H33N3OS/c1-18-22(30-19(2)26-18)24(29)27-15-11-21(12-16-27)28-17-25(13-7-4-8-14-25)23(28)20-9-5-3-6-10-20/h3,5-6,9-10,21,23H,4,7-8,11-17H2,1-2H3. The number of benzene rings is 1. The van der Waals surface area contributed by atoms with Crippen LogP contribution in [0.3, 0.4) is 0 Å². The van der Waals surface area contributed by atoms with Crippen molar-refractivity contribution in [1.29, 1.82) is 0 Å². The number of carbonyl (C=O) groups is 1. The van der Waals surface area contributed by atoms with Crippen LogP contribution < -0.4 is 0 Å². The van der Waals surface area contributed by atoms with E-state index < -0.39 is 0 Å². The molecular formula is C25H33N3OS. The van der Waals surface area contributed by atoms with Gasteiger partial charge in [-0.1, -0.05) is 49.6 Å². The Hall–Kier alpha value is -1.72. The first kappa shape index (κ1) is 20.2. The highest BCUT2D eigenvalue weighted by Crippen LogP contribution is 2.58. The molecular weight excluding hydrogens is 390 g/mol. The van der Waals surface area contributed by atoms with E-state index >= 15 is 0 Å². The van der Waals surface area contributed by atoms with Gasteiger partial charge in [-0.3, -0.25) is 9.69 Å². The zero-order valence-electron chi connectivity index (χ0n) is 18.3. The molecule has 4 nitrogen and oxygen atoms in total. The van der Waals surface area contributed by atoms with E-state index in [1.165, 1.54) is 55.5 Å². The van der Waals surface area contributed by atoms with E-state index in [1.54, 1.807) is 0 Å². The van der Waals surface area contributed by atoms with Crippen LogP contribution in [0.1, 0.15) is 76.9 Å². The first-order valence-corrected chi connectivity index (χ1v) is 12.4.